The lowest BCUT2D eigenvalue weighted by Gasteiger charge is -2.21. The van der Waals surface area contributed by atoms with Crippen LogP contribution in [0.4, 0.5) is 0 Å². The molecule has 2 rings (SSSR count). The minimum absolute atomic E-state index is 0.161. The van der Waals surface area contributed by atoms with Crippen LogP contribution in [0.1, 0.15) is 44.3 Å². The summed E-state index contributed by atoms with van der Waals surface area (Å²) in [6.07, 6.45) is 8.13. The fourth-order valence-corrected chi connectivity index (χ4v) is 2.13. The van der Waals surface area contributed by atoms with Crippen LogP contribution in [0.5, 0.6) is 5.75 Å². The Morgan fingerprint density at radius 3 is 2.94 bits per heavy atom. The summed E-state index contributed by atoms with van der Waals surface area (Å²) in [6.45, 7) is 1.97. The molecule has 0 fully saturated rings. The van der Waals surface area contributed by atoms with Gasteiger partial charge in [0, 0.05) is 5.56 Å². The number of rotatable bonds is 4. The Labute approximate surface area is 103 Å². The maximum absolute atomic E-state index is 9.94. The number of hydrogen-bond acceptors (Lipinski definition) is 2. The number of allylic oxidation sites excluding steroid dienone is 1. The van der Waals surface area contributed by atoms with Crippen LogP contribution < -0.4 is 4.74 Å². The molecule has 0 radical (unpaired) electrons. The summed E-state index contributed by atoms with van der Waals surface area (Å²) in [5.74, 6) is 0.818. The Balaban J connectivity index is 2.14. The molecular weight excluding hydrogens is 212 g/mol. The summed E-state index contributed by atoms with van der Waals surface area (Å²) in [5.41, 5.74) is 0.897. The Morgan fingerprint density at radius 2 is 2.24 bits per heavy atom. The largest absolute Gasteiger partial charge is 0.486 e. The van der Waals surface area contributed by atoms with Crippen LogP contribution in [-0.2, 0) is 0 Å². The van der Waals surface area contributed by atoms with Gasteiger partial charge in [-0.05, 0) is 37.8 Å². The molecule has 17 heavy (non-hydrogen) atoms. The number of para-hydroxylation sites is 1. The SMILES string of the molecule is CC[C@@H](O)c1ccccc1OC1C=CCCC1. The lowest BCUT2D eigenvalue weighted by molar-refractivity contribution is 0.160. The van der Waals surface area contributed by atoms with Crippen molar-refractivity contribution in [1.29, 1.82) is 0 Å². The van der Waals surface area contributed by atoms with Gasteiger partial charge < -0.3 is 9.84 Å². The van der Waals surface area contributed by atoms with E-state index in [1.807, 2.05) is 31.2 Å². The van der Waals surface area contributed by atoms with Crippen LogP contribution >= 0.6 is 0 Å². The summed E-state index contributed by atoms with van der Waals surface area (Å²) in [6, 6.07) is 7.78. The zero-order valence-electron chi connectivity index (χ0n) is 10.3. The quantitative estimate of drug-likeness (QED) is 0.803. The normalized spacial score (nSPS) is 21.2. The van der Waals surface area contributed by atoms with Crippen LogP contribution in [0.15, 0.2) is 36.4 Å². The van der Waals surface area contributed by atoms with Crippen molar-refractivity contribution in [2.45, 2.75) is 44.8 Å². The van der Waals surface area contributed by atoms with E-state index in [2.05, 4.69) is 12.2 Å². The molecule has 1 aliphatic carbocycles. The highest BCUT2D eigenvalue weighted by atomic mass is 16.5. The van der Waals surface area contributed by atoms with Crippen molar-refractivity contribution in [1.82, 2.24) is 0 Å². The van der Waals surface area contributed by atoms with Gasteiger partial charge in [-0.3, -0.25) is 0 Å². The van der Waals surface area contributed by atoms with Crippen LogP contribution in [0.2, 0.25) is 0 Å². The van der Waals surface area contributed by atoms with E-state index in [1.54, 1.807) is 0 Å². The molecule has 0 saturated heterocycles. The first-order valence-corrected chi connectivity index (χ1v) is 6.41. The van der Waals surface area contributed by atoms with Crippen molar-refractivity contribution in [3.05, 3.63) is 42.0 Å². The number of aliphatic hydroxyl groups excluding tert-OH is 1. The zero-order chi connectivity index (χ0) is 12.1. The highest BCUT2D eigenvalue weighted by Crippen LogP contribution is 2.29. The van der Waals surface area contributed by atoms with Crippen molar-refractivity contribution >= 4 is 0 Å². The Hall–Kier alpha value is -1.28. The monoisotopic (exact) mass is 232 g/mol. The second kappa shape index (κ2) is 5.87. The molecule has 0 heterocycles. The predicted octanol–water partition coefficient (Wildman–Crippen LogP) is 3.62. The van der Waals surface area contributed by atoms with Gasteiger partial charge in [-0.1, -0.05) is 31.2 Å². The van der Waals surface area contributed by atoms with E-state index < -0.39 is 6.10 Å². The summed E-state index contributed by atoms with van der Waals surface area (Å²) in [5, 5.41) is 9.94. The average molecular weight is 232 g/mol. The number of hydrogen-bond donors (Lipinski definition) is 1. The van der Waals surface area contributed by atoms with Gasteiger partial charge in [0.05, 0.1) is 6.10 Å². The van der Waals surface area contributed by atoms with E-state index in [-0.39, 0.29) is 6.10 Å². The molecule has 1 aromatic rings. The molecule has 0 saturated carbocycles. The third-order valence-corrected chi connectivity index (χ3v) is 3.15. The molecule has 0 spiro atoms. The van der Waals surface area contributed by atoms with Gasteiger partial charge in [-0.2, -0.15) is 0 Å². The van der Waals surface area contributed by atoms with Crippen LogP contribution in [0.3, 0.4) is 0 Å². The van der Waals surface area contributed by atoms with Gasteiger partial charge in [-0.25, -0.2) is 0 Å². The highest BCUT2D eigenvalue weighted by Gasteiger charge is 2.15. The fourth-order valence-electron chi connectivity index (χ4n) is 2.13. The molecule has 0 amide bonds. The van der Waals surface area contributed by atoms with Gasteiger partial charge in [0.25, 0.3) is 0 Å². The van der Waals surface area contributed by atoms with Gasteiger partial charge in [-0.15, -0.1) is 0 Å². The summed E-state index contributed by atoms with van der Waals surface area (Å²) < 4.78 is 5.96. The standard InChI is InChI=1S/C15H20O2/c1-2-14(16)13-10-6-7-11-15(13)17-12-8-4-3-5-9-12/h4,6-8,10-12,14,16H,2-3,5,9H2,1H3/t12?,14-/m1/s1. The summed E-state index contributed by atoms with van der Waals surface area (Å²) in [4.78, 5) is 0. The number of benzene rings is 1. The van der Waals surface area contributed by atoms with E-state index in [0.29, 0.717) is 6.42 Å². The predicted molar refractivity (Wildman–Crippen MR) is 69.1 cm³/mol. The average Bonchev–Trinajstić information content (AvgIpc) is 2.40. The lowest BCUT2D eigenvalue weighted by atomic mass is 10.0. The highest BCUT2D eigenvalue weighted by molar-refractivity contribution is 5.35. The molecule has 92 valence electrons. The maximum Gasteiger partial charge on any atom is 0.126 e. The molecule has 2 heteroatoms. The number of aliphatic hydroxyl groups is 1. The Kier molecular flexibility index (Phi) is 4.21. The van der Waals surface area contributed by atoms with Gasteiger partial charge in [0.2, 0.25) is 0 Å². The molecule has 2 atom stereocenters. The van der Waals surface area contributed by atoms with Gasteiger partial charge in [0.15, 0.2) is 0 Å². The molecule has 1 unspecified atom stereocenters. The third-order valence-electron chi connectivity index (χ3n) is 3.15. The number of ether oxygens (including phenoxy) is 1. The molecule has 0 bridgehead atoms. The molecular formula is C15H20O2. The van der Waals surface area contributed by atoms with Crippen molar-refractivity contribution in [3.8, 4) is 5.75 Å². The van der Waals surface area contributed by atoms with Crippen molar-refractivity contribution in [2.75, 3.05) is 0 Å². The molecule has 2 nitrogen and oxygen atoms in total. The molecule has 1 aromatic carbocycles. The first kappa shape index (κ1) is 12.2. The molecule has 1 aliphatic rings. The van der Waals surface area contributed by atoms with E-state index in [9.17, 15) is 5.11 Å². The molecule has 0 aromatic heterocycles. The lowest BCUT2D eigenvalue weighted by Crippen LogP contribution is -2.17. The van der Waals surface area contributed by atoms with Crippen molar-refractivity contribution in [3.63, 3.8) is 0 Å². The second-order valence-electron chi connectivity index (χ2n) is 4.48. The van der Waals surface area contributed by atoms with Gasteiger partial charge in [0.1, 0.15) is 11.9 Å². The topological polar surface area (TPSA) is 29.5 Å². The first-order chi connectivity index (χ1) is 8.31. The summed E-state index contributed by atoms with van der Waals surface area (Å²) in [7, 11) is 0. The minimum atomic E-state index is -0.432. The third kappa shape index (κ3) is 3.10. The van der Waals surface area contributed by atoms with E-state index in [1.165, 1.54) is 6.42 Å². The van der Waals surface area contributed by atoms with Crippen molar-refractivity contribution < 1.29 is 9.84 Å². The molecule has 1 N–H and O–H groups in total. The first-order valence-electron chi connectivity index (χ1n) is 6.41. The van der Waals surface area contributed by atoms with Crippen LogP contribution in [0, 0.1) is 0 Å². The van der Waals surface area contributed by atoms with E-state index >= 15 is 0 Å². The fraction of sp³-hybridized carbons (Fsp3) is 0.467. The van der Waals surface area contributed by atoms with E-state index in [0.717, 1.165) is 24.2 Å². The second-order valence-corrected chi connectivity index (χ2v) is 4.48. The van der Waals surface area contributed by atoms with Crippen LogP contribution in [0.25, 0.3) is 0 Å². The van der Waals surface area contributed by atoms with E-state index in [4.69, 9.17) is 4.74 Å². The zero-order valence-corrected chi connectivity index (χ0v) is 10.3. The summed E-state index contributed by atoms with van der Waals surface area (Å²) >= 11 is 0. The van der Waals surface area contributed by atoms with Crippen molar-refractivity contribution in [2.24, 2.45) is 0 Å². The Bertz CT molecular complexity index is 384. The minimum Gasteiger partial charge on any atom is -0.486 e. The molecule has 0 aliphatic heterocycles. The van der Waals surface area contributed by atoms with Crippen LogP contribution in [-0.4, -0.2) is 11.2 Å². The smallest absolute Gasteiger partial charge is 0.126 e. The Morgan fingerprint density at radius 1 is 1.41 bits per heavy atom. The van der Waals surface area contributed by atoms with Gasteiger partial charge >= 0.3 is 0 Å². The maximum atomic E-state index is 9.94.